The molecular weight excluding hydrogens is 328 g/mol. The van der Waals surface area contributed by atoms with E-state index in [9.17, 15) is 14.9 Å². The number of nitriles is 1. The fourth-order valence-corrected chi connectivity index (χ4v) is 2.01. The van der Waals surface area contributed by atoms with Gasteiger partial charge in [0, 0.05) is 10.7 Å². The Hall–Kier alpha value is -3.10. The average Bonchev–Trinajstić information content (AvgIpc) is 2.61. The highest BCUT2D eigenvalue weighted by molar-refractivity contribution is 6.30. The first-order chi connectivity index (χ1) is 11.5. The molecule has 0 saturated carbocycles. The summed E-state index contributed by atoms with van der Waals surface area (Å²) in [6, 6.07) is 14.8. The topological polar surface area (TPSA) is 79.2 Å². The van der Waals surface area contributed by atoms with Gasteiger partial charge in [0.1, 0.15) is 11.6 Å². The second-order valence-electron chi connectivity index (χ2n) is 4.74. The third-order valence-corrected chi connectivity index (χ3v) is 3.36. The molecule has 2 aromatic rings. The molecule has 120 valence electrons. The van der Waals surface area contributed by atoms with E-state index >= 15 is 0 Å². The molecule has 0 spiro atoms. The minimum Gasteiger partial charge on any atom is -0.465 e. The summed E-state index contributed by atoms with van der Waals surface area (Å²) in [6.45, 7) is 0. The summed E-state index contributed by atoms with van der Waals surface area (Å²) in [5.74, 6) is -0.983. The Balaban J connectivity index is 2.16. The molecule has 2 aromatic carbocycles. The van der Waals surface area contributed by atoms with Gasteiger partial charge in [-0.25, -0.2) is 4.79 Å². The number of halogens is 1. The minimum absolute atomic E-state index is 0.0595. The molecule has 0 aliphatic carbocycles. The van der Waals surface area contributed by atoms with Gasteiger partial charge >= 0.3 is 5.97 Å². The number of nitrogens with one attached hydrogen (secondary N) is 1. The summed E-state index contributed by atoms with van der Waals surface area (Å²) in [5, 5.41) is 12.4. The number of benzene rings is 2. The second-order valence-corrected chi connectivity index (χ2v) is 5.18. The van der Waals surface area contributed by atoms with E-state index in [1.807, 2.05) is 6.07 Å². The van der Waals surface area contributed by atoms with Gasteiger partial charge in [-0.15, -0.1) is 0 Å². The van der Waals surface area contributed by atoms with Crippen LogP contribution in [0.25, 0.3) is 6.08 Å². The van der Waals surface area contributed by atoms with E-state index in [1.54, 1.807) is 48.5 Å². The molecule has 0 aliphatic heterocycles. The number of esters is 1. The first-order valence-corrected chi connectivity index (χ1v) is 7.28. The number of ether oxygens (including phenoxy) is 1. The van der Waals surface area contributed by atoms with Gasteiger partial charge in [-0.1, -0.05) is 23.7 Å². The van der Waals surface area contributed by atoms with Crippen LogP contribution in [0.2, 0.25) is 5.02 Å². The summed E-state index contributed by atoms with van der Waals surface area (Å²) in [6.07, 6.45) is 1.44. The molecule has 0 fully saturated rings. The van der Waals surface area contributed by atoms with E-state index in [4.69, 9.17) is 11.6 Å². The first kappa shape index (κ1) is 17.3. The molecule has 6 heteroatoms. The van der Waals surface area contributed by atoms with Crippen LogP contribution in [0.4, 0.5) is 5.69 Å². The van der Waals surface area contributed by atoms with E-state index in [-0.39, 0.29) is 5.57 Å². The van der Waals surface area contributed by atoms with Crippen LogP contribution in [-0.2, 0) is 9.53 Å². The molecule has 1 N–H and O–H groups in total. The summed E-state index contributed by atoms with van der Waals surface area (Å²) in [4.78, 5) is 23.5. The fourth-order valence-electron chi connectivity index (χ4n) is 1.88. The molecule has 5 nitrogen and oxygen atoms in total. The number of hydrogen-bond donors (Lipinski definition) is 1. The Bertz CT molecular complexity index is 819. The molecule has 0 saturated heterocycles. The maximum absolute atomic E-state index is 12.1. The number of methoxy groups -OCH3 is 1. The SMILES string of the molecule is COC(=O)c1ccc(C=C(C#N)C(=O)Nc2ccc(Cl)cc2)cc1. The number of nitrogens with zero attached hydrogens (tertiary/aromatic N) is 1. The lowest BCUT2D eigenvalue weighted by Gasteiger charge is -2.04. The Morgan fingerprint density at radius 3 is 2.29 bits per heavy atom. The van der Waals surface area contributed by atoms with E-state index in [0.29, 0.717) is 21.8 Å². The van der Waals surface area contributed by atoms with Crippen LogP contribution in [-0.4, -0.2) is 19.0 Å². The van der Waals surface area contributed by atoms with Crippen molar-refractivity contribution in [2.24, 2.45) is 0 Å². The van der Waals surface area contributed by atoms with E-state index in [2.05, 4.69) is 10.1 Å². The van der Waals surface area contributed by atoms with Crippen molar-refractivity contribution in [1.29, 1.82) is 5.26 Å². The highest BCUT2D eigenvalue weighted by Crippen LogP contribution is 2.15. The lowest BCUT2D eigenvalue weighted by atomic mass is 10.1. The number of hydrogen-bond acceptors (Lipinski definition) is 4. The Kier molecular flexibility index (Phi) is 5.72. The predicted octanol–water partition coefficient (Wildman–Crippen LogP) is 3.67. The Labute approximate surface area is 144 Å². The molecule has 0 atom stereocenters. The molecular formula is C18H13ClN2O3. The third kappa shape index (κ3) is 4.45. The summed E-state index contributed by atoms with van der Waals surface area (Å²) in [5.41, 5.74) is 1.48. The molecule has 0 unspecified atom stereocenters. The number of rotatable bonds is 4. The molecule has 0 bridgehead atoms. The van der Waals surface area contributed by atoms with Gasteiger partial charge in [0.05, 0.1) is 12.7 Å². The van der Waals surface area contributed by atoms with Crippen molar-refractivity contribution >= 4 is 35.2 Å². The molecule has 0 aliphatic rings. The van der Waals surface area contributed by atoms with E-state index in [0.717, 1.165) is 0 Å². The maximum atomic E-state index is 12.1. The van der Waals surface area contributed by atoms with Gasteiger partial charge in [0.15, 0.2) is 0 Å². The number of carbonyl (C=O) groups is 2. The zero-order valence-electron chi connectivity index (χ0n) is 12.7. The average molecular weight is 341 g/mol. The number of anilines is 1. The van der Waals surface area contributed by atoms with Crippen LogP contribution in [0.5, 0.6) is 0 Å². The van der Waals surface area contributed by atoms with Crippen LogP contribution in [0.3, 0.4) is 0 Å². The highest BCUT2D eigenvalue weighted by atomic mass is 35.5. The van der Waals surface area contributed by atoms with Crippen LogP contribution in [0, 0.1) is 11.3 Å². The van der Waals surface area contributed by atoms with Crippen molar-refractivity contribution in [3.05, 3.63) is 70.3 Å². The van der Waals surface area contributed by atoms with Crippen molar-refractivity contribution in [2.75, 3.05) is 12.4 Å². The van der Waals surface area contributed by atoms with Gasteiger partial charge in [0.25, 0.3) is 5.91 Å². The summed E-state index contributed by atoms with van der Waals surface area (Å²) < 4.78 is 4.61. The van der Waals surface area contributed by atoms with Crippen molar-refractivity contribution in [3.63, 3.8) is 0 Å². The Morgan fingerprint density at radius 1 is 1.12 bits per heavy atom. The van der Waals surface area contributed by atoms with Gasteiger partial charge in [-0.05, 0) is 48.0 Å². The number of carbonyl (C=O) groups excluding carboxylic acids is 2. The largest absolute Gasteiger partial charge is 0.465 e. The zero-order valence-corrected chi connectivity index (χ0v) is 13.5. The summed E-state index contributed by atoms with van der Waals surface area (Å²) in [7, 11) is 1.30. The predicted molar refractivity (Wildman–Crippen MR) is 91.5 cm³/mol. The zero-order chi connectivity index (χ0) is 17.5. The van der Waals surface area contributed by atoms with E-state index in [1.165, 1.54) is 13.2 Å². The maximum Gasteiger partial charge on any atom is 0.337 e. The summed E-state index contributed by atoms with van der Waals surface area (Å²) >= 11 is 5.78. The molecule has 2 rings (SSSR count). The van der Waals surface area contributed by atoms with Crippen LogP contribution < -0.4 is 5.32 Å². The monoisotopic (exact) mass is 340 g/mol. The van der Waals surface area contributed by atoms with Crippen molar-refractivity contribution < 1.29 is 14.3 Å². The first-order valence-electron chi connectivity index (χ1n) is 6.90. The van der Waals surface area contributed by atoms with Crippen LogP contribution in [0.15, 0.2) is 54.1 Å². The van der Waals surface area contributed by atoms with Gasteiger partial charge in [-0.3, -0.25) is 4.79 Å². The highest BCUT2D eigenvalue weighted by Gasteiger charge is 2.10. The lowest BCUT2D eigenvalue weighted by Crippen LogP contribution is -2.13. The second kappa shape index (κ2) is 7.95. The smallest absolute Gasteiger partial charge is 0.337 e. The standard InChI is InChI=1S/C18H13ClN2O3/c1-24-18(23)13-4-2-12(3-5-13)10-14(11-20)17(22)21-16-8-6-15(19)7-9-16/h2-10H,1H3,(H,21,22). The lowest BCUT2D eigenvalue weighted by molar-refractivity contribution is -0.112. The Morgan fingerprint density at radius 2 is 1.75 bits per heavy atom. The molecule has 0 radical (unpaired) electrons. The van der Waals surface area contributed by atoms with E-state index < -0.39 is 11.9 Å². The molecule has 0 heterocycles. The minimum atomic E-state index is -0.531. The van der Waals surface area contributed by atoms with Crippen molar-refractivity contribution in [2.45, 2.75) is 0 Å². The van der Waals surface area contributed by atoms with Crippen LogP contribution >= 0.6 is 11.6 Å². The van der Waals surface area contributed by atoms with Gasteiger partial charge < -0.3 is 10.1 Å². The molecule has 1 amide bonds. The van der Waals surface area contributed by atoms with Gasteiger partial charge in [-0.2, -0.15) is 5.26 Å². The molecule has 24 heavy (non-hydrogen) atoms. The number of amides is 1. The third-order valence-electron chi connectivity index (χ3n) is 3.11. The van der Waals surface area contributed by atoms with Gasteiger partial charge in [0.2, 0.25) is 0 Å². The van der Waals surface area contributed by atoms with Crippen molar-refractivity contribution in [1.82, 2.24) is 0 Å². The molecule has 0 aromatic heterocycles. The van der Waals surface area contributed by atoms with Crippen molar-refractivity contribution in [3.8, 4) is 6.07 Å². The quantitative estimate of drug-likeness (QED) is 0.523. The van der Waals surface area contributed by atoms with Crippen LogP contribution in [0.1, 0.15) is 15.9 Å². The normalized spacial score (nSPS) is 10.6. The fraction of sp³-hybridized carbons (Fsp3) is 0.0556.